The molecule has 0 aromatic rings. The molecule has 1 rings (SSSR count). The third kappa shape index (κ3) is 42.5. The molecule has 0 amide bonds. The van der Waals surface area contributed by atoms with Crippen molar-refractivity contribution in [2.45, 2.75) is 289 Å². The highest BCUT2D eigenvalue weighted by molar-refractivity contribution is 5.74. The molecule has 12 heteroatoms. The number of ether oxygens (including phenoxy) is 5. The van der Waals surface area contributed by atoms with Crippen LogP contribution >= 0.6 is 0 Å². The fourth-order valence-corrected chi connectivity index (χ4v) is 8.78. The molecule has 440 valence electrons. The fraction of sp³-hybridized carbons (Fsp3) is 0.723. The van der Waals surface area contributed by atoms with Crippen LogP contribution in [0.2, 0.25) is 0 Å². The first-order valence-electron chi connectivity index (χ1n) is 30.6. The average Bonchev–Trinajstić information content (AvgIpc) is 3.42. The summed E-state index contributed by atoms with van der Waals surface area (Å²) in [5.41, 5.74) is 0. The highest BCUT2D eigenvalue weighted by Crippen LogP contribution is 2.26. The quantitative estimate of drug-likeness (QED) is 0.0228. The molecule has 1 saturated heterocycles. The van der Waals surface area contributed by atoms with Crippen molar-refractivity contribution in [2.24, 2.45) is 0 Å². The van der Waals surface area contributed by atoms with E-state index in [0.717, 1.165) is 128 Å². The molecule has 0 bridgehead atoms. The SMILES string of the molecule is CC/C=C\C/C=C\C/C=C\C/C=C\C/C=C\CCCCCC(=O)OCC(COC1OC(C(=O)O)C(O)C(O)C1OC(=O)CCCCCCCCCCCCC)OC(=O)CCCCCCCCC/C=C\C/C=C\CCCCC. The van der Waals surface area contributed by atoms with Crippen LogP contribution in [-0.2, 0) is 42.9 Å². The number of aliphatic carboxylic acids is 1. The van der Waals surface area contributed by atoms with Crippen LogP contribution in [0.4, 0.5) is 0 Å². The zero-order valence-electron chi connectivity index (χ0n) is 48.4. The van der Waals surface area contributed by atoms with Crippen molar-refractivity contribution in [1.29, 1.82) is 0 Å². The molecule has 3 N–H and O–H groups in total. The Morgan fingerprint density at radius 2 is 0.818 bits per heavy atom. The Morgan fingerprint density at radius 3 is 1.29 bits per heavy atom. The minimum absolute atomic E-state index is 0.0557. The first kappa shape index (κ1) is 70.9. The van der Waals surface area contributed by atoms with Gasteiger partial charge in [-0.05, 0) is 96.3 Å². The molecule has 0 aromatic carbocycles. The number of hydrogen-bond donors (Lipinski definition) is 3. The van der Waals surface area contributed by atoms with E-state index in [2.05, 4.69) is 106 Å². The van der Waals surface area contributed by atoms with Gasteiger partial charge in [0.2, 0.25) is 0 Å². The van der Waals surface area contributed by atoms with Gasteiger partial charge in [0.05, 0.1) is 6.61 Å². The summed E-state index contributed by atoms with van der Waals surface area (Å²) in [4.78, 5) is 51.1. The van der Waals surface area contributed by atoms with Crippen LogP contribution < -0.4 is 0 Å². The molecule has 1 aliphatic rings. The summed E-state index contributed by atoms with van der Waals surface area (Å²) in [6.45, 7) is 5.81. The molecule has 12 nitrogen and oxygen atoms in total. The molecule has 6 atom stereocenters. The summed E-state index contributed by atoms with van der Waals surface area (Å²) in [5.74, 6) is -3.17. The Hall–Kier alpha value is -4.10. The van der Waals surface area contributed by atoms with E-state index in [1.165, 1.54) is 64.2 Å². The summed E-state index contributed by atoms with van der Waals surface area (Å²) in [6, 6.07) is 0. The second-order valence-corrected chi connectivity index (χ2v) is 20.6. The largest absolute Gasteiger partial charge is 0.479 e. The van der Waals surface area contributed by atoms with Gasteiger partial charge >= 0.3 is 23.9 Å². The highest BCUT2D eigenvalue weighted by Gasteiger charge is 2.50. The van der Waals surface area contributed by atoms with Gasteiger partial charge in [-0.15, -0.1) is 0 Å². The van der Waals surface area contributed by atoms with Crippen molar-refractivity contribution in [3.8, 4) is 0 Å². The van der Waals surface area contributed by atoms with E-state index < -0.39 is 67.3 Å². The van der Waals surface area contributed by atoms with Crippen molar-refractivity contribution in [3.05, 3.63) is 85.1 Å². The predicted octanol–water partition coefficient (Wildman–Crippen LogP) is 15.9. The summed E-state index contributed by atoms with van der Waals surface area (Å²) in [7, 11) is 0. The van der Waals surface area contributed by atoms with E-state index in [4.69, 9.17) is 23.7 Å². The van der Waals surface area contributed by atoms with E-state index in [-0.39, 0.29) is 25.9 Å². The Morgan fingerprint density at radius 1 is 0.442 bits per heavy atom. The minimum Gasteiger partial charge on any atom is -0.479 e. The molecule has 0 radical (unpaired) electrons. The van der Waals surface area contributed by atoms with Gasteiger partial charge in [0.1, 0.15) is 18.8 Å². The number of carboxylic acids is 1. The van der Waals surface area contributed by atoms with Crippen molar-refractivity contribution in [3.63, 3.8) is 0 Å². The summed E-state index contributed by atoms with van der Waals surface area (Å²) in [6.07, 6.45) is 55.5. The zero-order valence-corrected chi connectivity index (χ0v) is 48.4. The topological polar surface area (TPSA) is 175 Å². The Kier molecular flexibility index (Phi) is 48.4. The molecule has 1 fully saturated rings. The number of esters is 3. The van der Waals surface area contributed by atoms with Crippen molar-refractivity contribution >= 4 is 23.9 Å². The summed E-state index contributed by atoms with van der Waals surface area (Å²) in [5, 5.41) is 31.5. The molecule has 1 aliphatic heterocycles. The number of rotatable bonds is 51. The van der Waals surface area contributed by atoms with Gasteiger partial charge in [0.15, 0.2) is 24.6 Å². The molecule has 0 spiro atoms. The normalized spacial score (nSPS) is 18.6. The van der Waals surface area contributed by atoms with E-state index in [1.807, 2.05) is 0 Å². The van der Waals surface area contributed by atoms with Crippen LogP contribution in [0.25, 0.3) is 0 Å². The van der Waals surface area contributed by atoms with Gasteiger partial charge in [-0.2, -0.15) is 0 Å². The van der Waals surface area contributed by atoms with Crippen LogP contribution in [0.1, 0.15) is 252 Å². The average molecular weight is 1080 g/mol. The molecule has 0 aromatic heterocycles. The zero-order chi connectivity index (χ0) is 56.1. The van der Waals surface area contributed by atoms with Crippen LogP contribution in [0.5, 0.6) is 0 Å². The van der Waals surface area contributed by atoms with E-state index in [1.54, 1.807) is 0 Å². The highest BCUT2D eigenvalue weighted by atomic mass is 16.7. The third-order valence-electron chi connectivity index (χ3n) is 13.5. The maximum absolute atomic E-state index is 13.2. The summed E-state index contributed by atoms with van der Waals surface area (Å²) >= 11 is 0. The monoisotopic (exact) mass is 1080 g/mol. The van der Waals surface area contributed by atoms with E-state index in [9.17, 15) is 34.5 Å². The molecule has 0 aliphatic carbocycles. The van der Waals surface area contributed by atoms with Gasteiger partial charge in [-0.3, -0.25) is 14.4 Å². The van der Waals surface area contributed by atoms with E-state index >= 15 is 0 Å². The second kappa shape index (κ2) is 52.6. The molecule has 6 unspecified atom stereocenters. The van der Waals surface area contributed by atoms with E-state index in [0.29, 0.717) is 19.3 Å². The number of aliphatic hydroxyl groups excluding tert-OH is 2. The van der Waals surface area contributed by atoms with Crippen molar-refractivity contribution in [2.75, 3.05) is 13.2 Å². The van der Waals surface area contributed by atoms with Gasteiger partial charge in [0.25, 0.3) is 0 Å². The fourth-order valence-electron chi connectivity index (χ4n) is 8.78. The van der Waals surface area contributed by atoms with Crippen LogP contribution in [0.3, 0.4) is 0 Å². The molecule has 77 heavy (non-hydrogen) atoms. The lowest BCUT2D eigenvalue weighted by Gasteiger charge is -2.40. The van der Waals surface area contributed by atoms with Crippen LogP contribution in [-0.4, -0.2) is 89.2 Å². The standard InChI is InChI=1S/C65H108O12/c1-4-7-10-13-16-19-22-24-26-28-29-31-32-34-37-39-42-45-48-51-57(66)73-54-56(75-58(67)52-49-46-43-41-38-35-33-30-27-25-23-20-17-14-11-8-5-2)55-74-65-63(61(70)60(69)62(77-65)64(71)72)76-59(68)53-50-47-44-40-36-21-18-15-12-9-6-3/h7,10,16-17,19-20,24-27,29,31,34,37,56,60-63,65,69-70H,4-6,8-9,11-15,18,21-23,28,30,32-33,35-36,38-55H2,1-3H3,(H,71,72)/b10-7-,19-16-,20-17-,26-24-,27-25-,31-29-,37-34-. The van der Waals surface area contributed by atoms with Gasteiger partial charge < -0.3 is 39.0 Å². The number of aliphatic hydroxyl groups is 2. The van der Waals surface area contributed by atoms with Gasteiger partial charge in [0, 0.05) is 19.3 Å². The third-order valence-corrected chi connectivity index (χ3v) is 13.5. The lowest BCUT2D eigenvalue weighted by atomic mass is 9.98. The smallest absolute Gasteiger partial charge is 0.335 e. The Labute approximate surface area is 467 Å². The number of carbonyl (C=O) groups excluding carboxylic acids is 3. The maximum Gasteiger partial charge on any atom is 0.335 e. The lowest BCUT2D eigenvalue weighted by molar-refractivity contribution is -0.301. The number of hydrogen-bond acceptors (Lipinski definition) is 11. The first-order chi connectivity index (χ1) is 37.6. The number of carbonyl (C=O) groups is 4. The van der Waals surface area contributed by atoms with Crippen molar-refractivity contribution in [1.82, 2.24) is 0 Å². The summed E-state index contributed by atoms with van der Waals surface area (Å²) < 4.78 is 28.4. The Bertz CT molecular complexity index is 1660. The van der Waals surface area contributed by atoms with Crippen LogP contribution in [0.15, 0.2) is 85.1 Å². The molecule has 0 saturated carbocycles. The minimum atomic E-state index is -1.91. The van der Waals surface area contributed by atoms with Crippen molar-refractivity contribution < 1.29 is 58.2 Å². The van der Waals surface area contributed by atoms with Crippen LogP contribution in [0, 0.1) is 0 Å². The molecule has 1 heterocycles. The maximum atomic E-state index is 13.2. The Balaban J connectivity index is 2.70. The molecular weight excluding hydrogens is 973 g/mol. The van der Waals surface area contributed by atoms with Gasteiger partial charge in [-0.25, -0.2) is 4.79 Å². The number of carboxylic acid groups (broad SMARTS) is 1. The first-order valence-corrected chi connectivity index (χ1v) is 30.6. The number of allylic oxidation sites excluding steroid dienone is 14. The second-order valence-electron chi connectivity index (χ2n) is 20.6. The van der Waals surface area contributed by atoms with Gasteiger partial charge in [-0.1, -0.05) is 221 Å². The number of unbranched alkanes of at least 4 members (excludes halogenated alkanes) is 23. The molecular formula is C65H108O12. The lowest BCUT2D eigenvalue weighted by Crippen LogP contribution is -2.61. The predicted molar refractivity (Wildman–Crippen MR) is 312 cm³/mol.